The van der Waals surface area contributed by atoms with Gasteiger partial charge >= 0.3 is 0 Å². The molecule has 158 valence electrons. The number of nitrogens with one attached hydrogen (secondary N) is 1. The zero-order chi connectivity index (χ0) is 21.1. The monoisotopic (exact) mass is 406 g/mol. The molecule has 0 unspecified atom stereocenters. The Morgan fingerprint density at radius 3 is 2.60 bits per heavy atom. The number of hydrogen-bond acceptors (Lipinski definition) is 3. The van der Waals surface area contributed by atoms with Crippen LogP contribution in [-0.2, 0) is 16.0 Å². The number of carbonyl (C=O) groups is 2. The summed E-state index contributed by atoms with van der Waals surface area (Å²) in [5.74, 6) is 1.33. The molecular weight excluding hydrogens is 376 g/mol. The largest absolute Gasteiger partial charge is 0.481 e. The molecule has 2 aliphatic rings. The molecule has 1 fully saturated rings. The van der Waals surface area contributed by atoms with Crippen molar-refractivity contribution in [1.29, 1.82) is 0 Å². The summed E-state index contributed by atoms with van der Waals surface area (Å²) in [4.78, 5) is 26.8. The van der Waals surface area contributed by atoms with Crippen LogP contribution in [0.1, 0.15) is 55.8 Å². The molecule has 0 spiro atoms. The summed E-state index contributed by atoms with van der Waals surface area (Å²) in [5.41, 5.74) is 3.38. The molecule has 30 heavy (non-hydrogen) atoms. The maximum absolute atomic E-state index is 12.5. The SMILES string of the molecule is CC[C@H](Oc1ccc2c(c1)[C@@H](c1ccccc1)N(C(C)=O)CC2)C(=O)NCC1CC1. The molecule has 2 atom stereocenters. The van der Waals surface area contributed by atoms with Gasteiger partial charge in [-0.25, -0.2) is 0 Å². The Hall–Kier alpha value is -2.82. The van der Waals surface area contributed by atoms with Crippen LogP contribution in [0.4, 0.5) is 0 Å². The van der Waals surface area contributed by atoms with E-state index in [9.17, 15) is 9.59 Å². The van der Waals surface area contributed by atoms with Crippen LogP contribution in [0.2, 0.25) is 0 Å². The average molecular weight is 407 g/mol. The van der Waals surface area contributed by atoms with Crippen LogP contribution in [0.15, 0.2) is 48.5 Å². The van der Waals surface area contributed by atoms with Gasteiger partial charge in [-0.3, -0.25) is 9.59 Å². The Morgan fingerprint density at radius 1 is 1.17 bits per heavy atom. The molecule has 0 radical (unpaired) electrons. The van der Waals surface area contributed by atoms with Gasteiger partial charge in [-0.05, 0) is 60.4 Å². The lowest BCUT2D eigenvalue weighted by Crippen LogP contribution is -2.40. The van der Waals surface area contributed by atoms with Crippen molar-refractivity contribution < 1.29 is 14.3 Å². The average Bonchev–Trinajstić information content (AvgIpc) is 3.60. The first kappa shape index (κ1) is 20.5. The van der Waals surface area contributed by atoms with Crippen LogP contribution in [0.5, 0.6) is 5.75 Å². The second-order valence-electron chi connectivity index (χ2n) is 8.34. The van der Waals surface area contributed by atoms with Gasteiger partial charge in [0.2, 0.25) is 5.91 Å². The van der Waals surface area contributed by atoms with E-state index in [1.807, 2.05) is 42.2 Å². The van der Waals surface area contributed by atoms with Crippen molar-refractivity contribution in [1.82, 2.24) is 10.2 Å². The van der Waals surface area contributed by atoms with E-state index in [2.05, 4.69) is 23.5 Å². The van der Waals surface area contributed by atoms with Crippen LogP contribution in [0, 0.1) is 5.92 Å². The quantitative estimate of drug-likeness (QED) is 0.760. The predicted molar refractivity (Wildman–Crippen MR) is 116 cm³/mol. The first-order valence-corrected chi connectivity index (χ1v) is 11.0. The Bertz CT molecular complexity index is 908. The molecular formula is C25H30N2O3. The fourth-order valence-corrected chi connectivity index (χ4v) is 4.17. The Labute approximate surface area is 178 Å². The minimum atomic E-state index is -0.510. The maximum Gasteiger partial charge on any atom is 0.261 e. The number of rotatable bonds is 7. The zero-order valence-electron chi connectivity index (χ0n) is 17.8. The number of hydrogen-bond donors (Lipinski definition) is 1. The Kier molecular flexibility index (Phi) is 6.07. The minimum Gasteiger partial charge on any atom is -0.481 e. The predicted octanol–water partition coefficient (Wildman–Crippen LogP) is 3.86. The lowest BCUT2D eigenvalue weighted by Gasteiger charge is -2.37. The molecule has 0 bridgehead atoms. The van der Waals surface area contributed by atoms with E-state index in [4.69, 9.17) is 4.74 Å². The van der Waals surface area contributed by atoms with E-state index in [0.717, 1.165) is 24.1 Å². The second kappa shape index (κ2) is 8.90. The van der Waals surface area contributed by atoms with Crippen molar-refractivity contribution in [3.63, 3.8) is 0 Å². The molecule has 0 saturated heterocycles. The molecule has 2 aromatic rings. The third-order valence-corrected chi connectivity index (χ3v) is 6.07. The lowest BCUT2D eigenvalue weighted by atomic mass is 9.88. The van der Waals surface area contributed by atoms with Gasteiger partial charge in [-0.15, -0.1) is 0 Å². The van der Waals surface area contributed by atoms with Crippen molar-refractivity contribution in [2.45, 2.75) is 51.7 Å². The van der Waals surface area contributed by atoms with E-state index < -0.39 is 6.10 Å². The normalized spacial score (nSPS) is 19.0. The fourth-order valence-electron chi connectivity index (χ4n) is 4.17. The first-order valence-electron chi connectivity index (χ1n) is 11.0. The molecule has 2 amide bonds. The highest BCUT2D eigenvalue weighted by molar-refractivity contribution is 5.81. The van der Waals surface area contributed by atoms with E-state index in [0.29, 0.717) is 24.6 Å². The topological polar surface area (TPSA) is 58.6 Å². The van der Waals surface area contributed by atoms with Gasteiger partial charge < -0.3 is 15.0 Å². The number of benzene rings is 2. The smallest absolute Gasteiger partial charge is 0.261 e. The molecule has 5 heteroatoms. The summed E-state index contributed by atoms with van der Waals surface area (Å²) in [6, 6.07) is 16.0. The summed E-state index contributed by atoms with van der Waals surface area (Å²) in [7, 11) is 0. The van der Waals surface area contributed by atoms with Gasteiger partial charge in [0.05, 0.1) is 6.04 Å². The Morgan fingerprint density at radius 2 is 1.93 bits per heavy atom. The number of amides is 2. The summed E-state index contributed by atoms with van der Waals surface area (Å²) < 4.78 is 6.11. The van der Waals surface area contributed by atoms with Crippen LogP contribution >= 0.6 is 0 Å². The Balaban J connectivity index is 1.59. The highest BCUT2D eigenvalue weighted by Crippen LogP contribution is 2.37. The van der Waals surface area contributed by atoms with E-state index in [-0.39, 0.29) is 17.9 Å². The maximum atomic E-state index is 12.5. The number of ether oxygens (including phenoxy) is 1. The van der Waals surface area contributed by atoms with E-state index in [1.165, 1.54) is 18.4 Å². The summed E-state index contributed by atoms with van der Waals surface area (Å²) in [5, 5.41) is 3.02. The number of fused-ring (bicyclic) bond motifs is 1. The van der Waals surface area contributed by atoms with Gasteiger partial charge in [0, 0.05) is 20.0 Å². The van der Waals surface area contributed by atoms with Gasteiger partial charge in [-0.2, -0.15) is 0 Å². The standard InChI is InChI=1S/C25H30N2O3/c1-3-23(25(29)26-16-18-9-10-18)30-21-12-11-19-13-14-27(17(2)28)24(22(19)15-21)20-7-5-4-6-8-20/h4-8,11-12,15,18,23-24H,3,9-10,13-14,16H2,1-2H3,(H,26,29)/t23-,24+/m0/s1. The van der Waals surface area contributed by atoms with Crippen LogP contribution < -0.4 is 10.1 Å². The molecule has 1 aliphatic carbocycles. The lowest BCUT2D eigenvalue weighted by molar-refractivity contribution is -0.131. The van der Waals surface area contributed by atoms with Crippen molar-refractivity contribution >= 4 is 11.8 Å². The van der Waals surface area contributed by atoms with E-state index >= 15 is 0 Å². The van der Waals surface area contributed by atoms with Gasteiger partial charge in [0.15, 0.2) is 6.10 Å². The van der Waals surface area contributed by atoms with Gasteiger partial charge in [0.25, 0.3) is 5.91 Å². The third kappa shape index (κ3) is 4.50. The highest BCUT2D eigenvalue weighted by Gasteiger charge is 2.31. The molecule has 5 nitrogen and oxygen atoms in total. The summed E-state index contributed by atoms with van der Waals surface area (Å²) >= 11 is 0. The van der Waals surface area contributed by atoms with Gasteiger partial charge in [-0.1, -0.05) is 43.3 Å². The van der Waals surface area contributed by atoms with Crippen molar-refractivity contribution in [3.05, 3.63) is 65.2 Å². The van der Waals surface area contributed by atoms with Crippen LogP contribution in [-0.4, -0.2) is 35.9 Å². The van der Waals surface area contributed by atoms with Gasteiger partial charge in [0.1, 0.15) is 5.75 Å². The number of carbonyl (C=O) groups excluding carboxylic acids is 2. The summed E-state index contributed by atoms with van der Waals surface area (Å²) in [6.45, 7) is 5.03. The second-order valence-corrected chi connectivity index (χ2v) is 8.34. The van der Waals surface area contributed by atoms with Crippen molar-refractivity contribution in [2.75, 3.05) is 13.1 Å². The molecule has 0 aromatic heterocycles. The molecule has 4 rings (SSSR count). The molecule has 1 aliphatic heterocycles. The van der Waals surface area contributed by atoms with Crippen molar-refractivity contribution in [2.24, 2.45) is 5.92 Å². The fraction of sp³-hybridized carbons (Fsp3) is 0.440. The minimum absolute atomic E-state index is 0.0490. The highest BCUT2D eigenvalue weighted by atomic mass is 16.5. The molecule has 1 N–H and O–H groups in total. The van der Waals surface area contributed by atoms with E-state index in [1.54, 1.807) is 6.92 Å². The molecule has 2 aromatic carbocycles. The molecule has 1 heterocycles. The third-order valence-electron chi connectivity index (χ3n) is 6.07. The van der Waals surface area contributed by atoms with Crippen LogP contribution in [0.25, 0.3) is 0 Å². The number of nitrogens with zero attached hydrogens (tertiary/aromatic N) is 1. The van der Waals surface area contributed by atoms with Crippen LogP contribution in [0.3, 0.4) is 0 Å². The summed E-state index contributed by atoms with van der Waals surface area (Å²) in [6.07, 6.45) is 3.32. The molecule has 1 saturated carbocycles. The zero-order valence-corrected chi connectivity index (χ0v) is 17.8. The first-order chi connectivity index (χ1) is 14.6. The van der Waals surface area contributed by atoms with Crippen molar-refractivity contribution in [3.8, 4) is 5.75 Å².